The molecule has 0 fully saturated rings. The molecule has 0 bridgehead atoms. The first-order valence-corrected chi connectivity index (χ1v) is 4.73. The summed E-state index contributed by atoms with van der Waals surface area (Å²) in [6.45, 7) is 6.88. The van der Waals surface area contributed by atoms with Gasteiger partial charge in [0.1, 0.15) is 0 Å². The Bertz CT molecular complexity index is 265. The molecular formula is C10H16N2. The summed E-state index contributed by atoms with van der Waals surface area (Å²) in [4.78, 5) is 5.82. The van der Waals surface area contributed by atoms with E-state index in [2.05, 4.69) is 36.0 Å². The van der Waals surface area contributed by atoms with Gasteiger partial charge in [0.25, 0.3) is 0 Å². The number of nitrogens with zero attached hydrogens (tertiary/aromatic N) is 1. The predicted octanol–water partition coefficient (Wildman–Crippen LogP) is 1.95. The minimum atomic E-state index is 0.602. The van der Waals surface area contributed by atoms with E-state index in [0.29, 0.717) is 6.04 Å². The third-order valence-corrected chi connectivity index (χ3v) is 2.92. The molecule has 0 spiro atoms. The Balaban J connectivity index is 2.29. The Hall–Kier alpha value is -0.760. The van der Waals surface area contributed by atoms with Gasteiger partial charge in [-0.05, 0) is 25.1 Å². The van der Waals surface area contributed by atoms with E-state index in [1.807, 2.05) is 0 Å². The van der Waals surface area contributed by atoms with E-state index in [-0.39, 0.29) is 0 Å². The fourth-order valence-electron chi connectivity index (χ4n) is 2.10. The van der Waals surface area contributed by atoms with Gasteiger partial charge in [0.2, 0.25) is 0 Å². The Morgan fingerprint density at radius 1 is 1.67 bits per heavy atom. The van der Waals surface area contributed by atoms with Crippen molar-refractivity contribution in [3.05, 3.63) is 23.5 Å². The van der Waals surface area contributed by atoms with Crippen molar-refractivity contribution in [2.75, 3.05) is 13.1 Å². The van der Waals surface area contributed by atoms with Crippen LogP contribution in [0.5, 0.6) is 0 Å². The summed E-state index contributed by atoms with van der Waals surface area (Å²) in [6, 6.07) is 2.81. The molecule has 2 heteroatoms. The molecular weight excluding hydrogens is 148 g/mol. The van der Waals surface area contributed by atoms with Gasteiger partial charge in [0, 0.05) is 30.9 Å². The van der Waals surface area contributed by atoms with E-state index >= 15 is 0 Å². The molecule has 0 saturated carbocycles. The molecule has 1 atom stereocenters. The van der Waals surface area contributed by atoms with Gasteiger partial charge in [0.15, 0.2) is 0 Å². The maximum Gasteiger partial charge on any atom is 0.0337 e. The van der Waals surface area contributed by atoms with Gasteiger partial charge in [-0.15, -0.1) is 0 Å². The lowest BCUT2D eigenvalue weighted by atomic mass is 10.0. The number of aromatic nitrogens is 1. The summed E-state index contributed by atoms with van der Waals surface area (Å²) >= 11 is 0. The maximum atomic E-state index is 3.31. The van der Waals surface area contributed by atoms with Crippen molar-refractivity contribution in [3.63, 3.8) is 0 Å². The quantitative estimate of drug-likeness (QED) is 0.672. The third-order valence-electron chi connectivity index (χ3n) is 2.92. The number of nitrogens with one attached hydrogen (secondary N) is 1. The first kappa shape index (κ1) is 7.87. The van der Waals surface area contributed by atoms with Crippen molar-refractivity contribution >= 4 is 0 Å². The molecule has 0 aliphatic carbocycles. The molecule has 0 aromatic carbocycles. The first-order chi connectivity index (χ1) is 5.83. The van der Waals surface area contributed by atoms with Gasteiger partial charge < -0.3 is 4.98 Å². The number of rotatable bonds is 1. The number of hydrogen-bond acceptors (Lipinski definition) is 1. The van der Waals surface area contributed by atoms with Gasteiger partial charge >= 0.3 is 0 Å². The van der Waals surface area contributed by atoms with Crippen molar-refractivity contribution in [3.8, 4) is 0 Å². The topological polar surface area (TPSA) is 19.0 Å². The zero-order valence-corrected chi connectivity index (χ0v) is 7.80. The Kier molecular flexibility index (Phi) is 1.93. The lowest BCUT2D eigenvalue weighted by molar-refractivity contribution is 0.209. The Labute approximate surface area is 73.6 Å². The van der Waals surface area contributed by atoms with Crippen LogP contribution in [0.25, 0.3) is 0 Å². The number of fused-ring (bicyclic) bond motifs is 1. The zero-order valence-electron chi connectivity index (χ0n) is 7.80. The van der Waals surface area contributed by atoms with Crippen LogP contribution in [-0.2, 0) is 6.42 Å². The van der Waals surface area contributed by atoms with Crippen LogP contribution in [0.1, 0.15) is 31.1 Å². The molecule has 0 amide bonds. The highest BCUT2D eigenvalue weighted by Gasteiger charge is 2.22. The molecule has 1 N–H and O–H groups in total. The van der Waals surface area contributed by atoms with Crippen LogP contribution in [0.3, 0.4) is 0 Å². The summed E-state index contributed by atoms with van der Waals surface area (Å²) in [5, 5.41) is 0. The highest BCUT2D eigenvalue weighted by molar-refractivity contribution is 5.26. The molecule has 12 heavy (non-hydrogen) atoms. The minimum Gasteiger partial charge on any atom is -0.365 e. The van der Waals surface area contributed by atoms with Crippen LogP contribution >= 0.6 is 0 Å². The molecule has 1 aliphatic rings. The Morgan fingerprint density at radius 3 is 3.25 bits per heavy atom. The minimum absolute atomic E-state index is 0.602. The van der Waals surface area contributed by atoms with Crippen molar-refractivity contribution in [1.29, 1.82) is 0 Å². The van der Waals surface area contributed by atoms with Crippen LogP contribution < -0.4 is 0 Å². The van der Waals surface area contributed by atoms with Crippen LogP contribution in [-0.4, -0.2) is 23.0 Å². The van der Waals surface area contributed by atoms with E-state index in [1.165, 1.54) is 24.2 Å². The van der Waals surface area contributed by atoms with E-state index in [9.17, 15) is 0 Å². The van der Waals surface area contributed by atoms with Gasteiger partial charge in [0.05, 0.1) is 0 Å². The van der Waals surface area contributed by atoms with Gasteiger partial charge in [-0.25, -0.2) is 0 Å². The summed E-state index contributed by atoms with van der Waals surface area (Å²) < 4.78 is 0. The second kappa shape index (κ2) is 2.94. The first-order valence-electron chi connectivity index (χ1n) is 4.73. The number of likely N-dealkylation sites (N-methyl/N-ethyl adjacent to an activating group) is 1. The fourth-order valence-corrected chi connectivity index (χ4v) is 2.10. The lowest BCUT2D eigenvalue weighted by Gasteiger charge is -2.32. The molecule has 0 unspecified atom stereocenters. The third kappa shape index (κ3) is 1.07. The number of aromatic amines is 1. The summed E-state index contributed by atoms with van der Waals surface area (Å²) in [6.07, 6.45) is 3.24. The molecule has 1 aromatic heterocycles. The molecule has 2 heterocycles. The van der Waals surface area contributed by atoms with Crippen LogP contribution in [0.2, 0.25) is 0 Å². The second-order valence-corrected chi connectivity index (χ2v) is 3.47. The highest BCUT2D eigenvalue weighted by atomic mass is 15.2. The average molecular weight is 164 g/mol. The van der Waals surface area contributed by atoms with E-state index < -0.39 is 0 Å². The molecule has 1 aliphatic heterocycles. The smallest absolute Gasteiger partial charge is 0.0337 e. The second-order valence-electron chi connectivity index (χ2n) is 3.47. The SMILES string of the molecule is CCN1CCc2[nH]ccc2[C@H]1C. The van der Waals surface area contributed by atoms with Crippen molar-refractivity contribution in [2.24, 2.45) is 0 Å². The van der Waals surface area contributed by atoms with Crippen molar-refractivity contribution in [2.45, 2.75) is 26.3 Å². The monoisotopic (exact) mass is 164 g/mol. The van der Waals surface area contributed by atoms with Crippen LogP contribution in [0.15, 0.2) is 12.3 Å². The summed E-state index contributed by atoms with van der Waals surface area (Å²) in [5.74, 6) is 0. The van der Waals surface area contributed by atoms with Gasteiger partial charge in [-0.1, -0.05) is 6.92 Å². The van der Waals surface area contributed by atoms with Gasteiger partial charge in [-0.2, -0.15) is 0 Å². The summed E-state index contributed by atoms with van der Waals surface area (Å²) in [7, 11) is 0. The van der Waals surface area contributed by atoms with E-state index in [1.54, 1.807) is 0 Å². The van der Waals surface area contributed by atoms with E-state index in [0.717, 1.165) is 6.54 Å². The molecule has 2 rings (SSSR count). The van der Waals surface area contributed by atoms with Crippen LogP contribution in [0.4, 0.5) is 0 Å². The standard InChI is InChI=1S/C10H16N2/c1-3-12-7-5-10-9(8(12)2)4-6-11-10/h4,6,8,11H,3,5,7H2,1-2H3/t8-/m1/s1. The molecule has 0 radical (unpaired) electrons. The fraction of sp³-hybridized carbons (Fsp3) is 0.600. The predicted molar refractivity (Wildman–Crippen MR) is 50.2 cm³/mol. The highest BCUT2D eigenvalue weighted by Crippen LogP contribution is 2.27. The Morgan fingerprint density at radius 2 is 2.50 bits per heavy atom. The van der Waals surface area contributed by atoms with E-state index in [4.69, 9.17) is 0 Å². The zero-order chi connectivity index (χ0) is 8.55. The van der Waals surface area contributed by atoms with Crippen molar-refractivity contribution < 1.29 is 0 Å². The molecule has 2 nitrogen and oxygen atoms in total. The average Bonchev–Trinajstić information content (AvgIpc) is 2.53. The van der Waals surface area contributed by atoms with Crippen molar-refractivity contribution in [1.82, 2.24) is 9.88 Å². The summed E-state index contributed by atoms with van der Waals surface area (Å²) in [5.41, 5.74) is 2.93. The lowest BCUT2D eigenvalue weighted by Crippen LogP contribution is -2.33. The maximum absolute atomic E-state index is 3.31. The molecule has 0 saturated heterocycles. The number of hydrogen-bond donors (Lipinski definition) is 1. The van der Waals surface area contributed by atoms with Gasteiger partial charge in [-0.3, -0.25) is 4.90 Å². The normalized spacial score (nSPS) is 24.0. The molecule has 66 valence electrons. The van der Waals surface area contributed by atoms with Crippen LogP contribution in [0, 0.1) is 0 Å². The molecule has 1 aromatic rings. The largest absolute Gasteiger partial charge is 0.365 e. The number of H-pyrrole nitrogens is 1.